The van der Waals surface area contributed by atoms with E-state index < -0.39 is 9.84 Å². The number of amides is 1. The average Bonchev–Trinajstić information content (AvgIpc) is 2.87. The first-order valence-electron chi connectivity index (χ1n) is 8.18. The van der Waals surface area contributed by atoms with Crippen molar-refractivity contribution in [2.24, 2.45) is 0 Å². The minimum Gasteiger partial charge on any atom is -0.335 e. The molecule has 0 aromatic carbocycles. The van der Waals surface area contributed by atoms with E-state index in [2.05, 4.69) is 4.98 Å². The molecular formula is C16H22N2O4S. The third kappa shape index (κ3) is 3.20. The second kappa shape index (κ2) is 6.11. The van der Waals surface area contributed by atoms with Crippen molar-refractivity contribution in [2.45, 2.75) is 45.1 Å². The fraction of sp³-hybridized carbons (Fsp3) is 0.625. The van der Waals surface area contributed by atoms with Crippen molar-refractivity contribution < 1.29 is 13.2 Å². The van der Waals surface area contributed by atoms with Gasteiger partial charge in [-0.15, -0.1) is 0 Å². The molecule has 0 radical (unpaired) electrons. The molecule has 0 saturated carbocycles. The Kier molecular flexibility index (Phi) is 4.31. The zero-order valence-electron chi connectivity index (χ0n) is 13.3. The smallest absolute Gasteiger partial charge is 0.261 e. The lowest BCUT2D eigenvalue weighted by Crippen LogP contribution is -2.43. The maximum Gasteiger partial charge on any atom is 0.261 e. The van der Waals surface area contributed by atoms with Crippen LogP contribution in [0.4, 0.5) is 0 Å². The van der Waals surface area contributed by atoms with E-state index in [0.717, 1.165) is 36.9 Å². The average molecular weight is 338 g/mol. The molecule has 23 heavy (non-hydrogen) atoms. The summed E-state index contributed by atoms with van der Waals surface area (Å²) in [5.74, 6) is -0.249. The number of fused-ring (bicyclic) bond motifs is 1. The minimum absolute atomic E-state index is 0.00454. The number of rotatable bonds is 3. The normalized spacial score (nSPS) is 22.6. The molecule has 2 aliphatic rings. The molecule has 1 fully saturated rings. The Balaban J connectivity index is 1.91. The van der Waals surface area contributed by atoms with Crippen LogP contribution in [-0.4, -0.2) is 48.3 Å². The summed E-state index contributed by atoms with van der Waals surface area (Å²) in [7, 11) is -3.07. The van der Waals surface area contributed by atoms with Crippen LogP contribution >= 0.6 is 0 Å². The summed E-state index contributed by atoms with van der Waals surface area (Å²) in [4.78, 5) is 29.4. The van der Waals surface area contributed by atoms with Crippen molar-refractivity contribution in [2.75, 3.05) is 18.1 Å². The van der Waals surface area contributed by atoms with Gasteiger partial charge in [-0.2, -0.15) is 0 Å². The number of aryl methyl sites for hydroxylation is 2. The van der Waals surface area contributed by atoms with E-state index in [1.165, 1.54) is 4.90 Å². The third-order valence-corrected chi connectivity index (χ3v) is 6.57. The van der Waals surface area contributed by atoms with Crippen LogP contribution in [0.5, 0.6) is 0 Å². The second-order valence-electron chi connectivity index (χ2n) is 6.37. The highest BCUT2D eigenvalue weighted by Gasteiger charge is 2.35. The molecule has 1 aromatic rings. The van der Waals surface area contributed by atoms with E-state index in [-0.39, 0.29) is 34.6 Å². The summed E-state index contributed by atoms with van der Waals surface area (Å²) in [5.41, 5.74) is 1.74. The Morgan fingerprint density at radius 2 is 2.09 bits per heavy atom. The number of carbonyl (C=O) groups is 1. The SMILES string of the molecule is CCN(C(=O)c1cc2c([nH]c1=O)CCCC2)C1CCS(=O)(=O)C1. The first-order chi connectivity index (χ1) is 10.9. The maximum atomic E-state index is 12.8. The molecule has 1 aliphatic carbocycles. The Hall–Kier alpha value is -1.63. The molecule has 1 aliphatic heterocycles. The molecule has 1 aromatic heterocycles. The summed E-state index contributed by atoms with van der Waals surface area (Å²) in [5, 5.41) is 0. The van der Waals surface area contributed by atoms with E-state index in [9.17, 15) is 18.0 Å². The van der Waals surface area contributed by atoms with Gasteiger partial charge in [0.05, 0.1) is 11.5 Å². The Morgan fingerprint density at radius 1 is 1.35 bits per heavy atom. The van der Waals surface area contributed by atoms with Gasteiger partial charge in [0.2, 0.25) is 0 Å². The van der Waals surface area contributed by atoms with Gasteiger partial charge in [0.25, 0.3) is 11.5 Å². The number of nitrogens with zero attached hydrogens (tertiary/aromatic N) is 1. The van der Waals surface area contributed by atoms with Crippen molar-refractivity contribution in [3.8, 4) is 0 Å². The molecule has 1 unspecified atom stereocenters. The van der Waals surface area contributed by atoms with Gasteiger partial charge in [0.15, 0.2) is 9.84 Å². The van der Waals surface area contributed by atoms with Crippen LogP contribution in [0.3, 0.4) is 0 Å². The fourth-order valence-corrected chi connectivity index (χ4v) is 5.31. The molecule has 1 atom stereocenters. The first kappa shape index (κ1) is 16.2. The van der Waals surface area contributed by atoms with Gasteiger partial charge in [-0.25, -0.2) is 8.42 Å². The number of nitrogens with one attached hydrogen (secondary N) is 1. The number of hydrogen-bond acceptors (Lipinski definition) is 4. The van der Waals surface area contributed by atoms with E-state index in [1.807, 2.05) is 6.92 Å². The van der Waals surface area contributed by atoms with Crippen LogP contribution in [0.25, 0.3) is 0 Å². The topological polar surface area (TPSA) is 87.3 Å². The van der Waals surface area contributed by atoms with E-state index in [4.69, 9.17) is 0 Å². The molecule has 2 heterocycles. The van der Waals surface area contributed by atoms with Gasteiger partial charge in [0.1, 0.15) is 5.56 Å². The zero-order chi connectivity index (χ0) is 16.6. The van der Waals surface area contributed by atoms with Crippen LogP contribution in [0, 0.1) is 0 Å². The van der Waals surface area contributed by atoms with Gasteiger partial charge in [0, 0.05) is 18.3 Å². The van der Waals surface area contributed by atoms with Crippen LogP contribution < -0.4 is 5.56 Å². The monoisotopic (exact) mass is 338 g/mol. The van der Waals surface area contributed by atoms with Gasteiger partial charge in [-0.3, -0.25) is 9.59 Å². The number of hydrogen-bond donors (Lipinski definition) is 1. The molecule has 0 bridgehead atoms. The largest absolute Gasteiger partial charge is 0.335 e. The number of sulfone groups is 1. The predicted molar refractivity (Wildman–Crippen MR) is 87.5 cm³/mol. The van der Waals surface area contributed by atoms with Crippen molar-refractivity contribution in [1.82, 2.24) is 9.88 Å². The molecule has 6 nitrogen and oxygen atoms in total. The highest BCUT2D eigenvalue weighted by atomic mass is 32.2. The summed E-state index contributed by atoms with van der Waals surface area (Å²) in [6, 6.07) is 1.38. The quantitative estimate of drug-likeness (QED) is 0.887. The lowest BCUT2D eigenvalue weighted by Gasteiger charge is -2.27. The highest BCUT2D eigenvalue weighted by molar-refractivity contribution is 7.91. The standard InChI is InChI=1S/C16H22N2O4S/c1-2-18(12-7-8-23(21,22)10-12)16(20)13-9-11-5-3-4-6-14(11)17-15(13)19/h9,12H,2-8,10H2,1H3,(H,17,19). The lowest BCUT2D eigenvalue weighted by atomic mass is 9.94. The molecule has 1 amide bonds. The number of pyridine rings is 1. The number of H-pyrrole nitrogens is 1. The Labute approximate surface area is 135 Å². The van der Waals surface area contributed by atoms with Crippen molar-refractivity contribution in [3.63, 3.8) is 0 Å². The highest BCUT2D eigenvalue weighted by Crippen LogP contribution is 2.22. The van der Waals surface area contributed by atoms with Crippen LogP contribution in [0.15, 0.2) is 10.9 Å². The van der Waals surface area contributed by atoms with Crippen molar-refractivity contribution >= 4 is 15.7 Å². The first-order valence-corrected chi connectivity index (χ1v) is 10.00. The number of aromatic nitrogens is 1. The van der Waals surface area contributed by atoms with Crippen LogP contribution in [0.2, 0.25) is 0 Å². The summed E-state index contributed by atoms with van der Waals surface area (Å²) in [6.07, 6.45) is 4.28. The molecule has 1 N–H and O–H groups in total. The summed E-state index contributed by atoms with van der Waals surface area (Å²) >= 11 is 0. The molecule has 126 valence electrons. The fourth-order valence-electron chi connectivity index (χ4n) is 3.58. The predicted octanol–water partition coefficient (Wildman–Crippen LogP) is 0.903. The van der Waals surface area contributed by atoms with Crippen LogP contribution in [0.1, 0.15) is 47.8 Å². The van der Waals surface area contributed by atoms with Gasteiger partial charge in [-0.05, 0) is 50.7 Å². The molecular weight excluding hydrogens is 316 g/mol. The van der Waals surface area contributed by atoms with E-state index in [1.54, 1.807) is 6.07 Å². The molecule has 0 spiro atoms. The van der Waals surface area contributed by atoms with Gasteiger partial charge >= 0.3 is 0 Å². The zero-order valence-corrected chi connectivity index (χ0v) is 14.1. The Bertz CT molecular complexity index is 782. The van der Waals surface area contributed by atoms with Crippen molar-refractivity contribution in [1.29, 1.82) is 0 Å². The molecule has 7 heteroatoms. The number of aromatic amines is 1. The molecule has 3 rings (SSSR count). The van der Waals surface area contributed by atoms with E-state index in [0.29, 0.717) is 13.0 Å². The van der Waals surface area contributed by atoms with E-state index >= 15 is 0 Å². The van der Waals surface area contributed by atoms with Crippen LogP contribution in [-0.2, 0) is 22.7 Å². The number of carbonyl (C=O) groups excluding carboxylic acids is 1. The van der Waals surface area contributed by atoms with Gasteiger partial charge in [-0.1, -0.05) is 0 Å². The van der Waals surface area contributed by atoms with Gasteiger partial charge < -0.3 is 9.88 Å². The lowest BCUT2D eigenvalue weighted by molar-refractivity contribution is 0.0706. The minimum atomic E-state index is -3.07. The Morgan fingerprint density at radius 3 is 2.74 bits per heavy atom. The summed E-state index contributed by atoms with van der Waals surface area (Å²) in [6.45, 7) is 2.21. The summed E-state index contributed by atoms with van der Waals surface area (Å²) < 4.78 is 23.3. The van der Waals surface area contributed by atoms with Crippen molar-refractivity contribution in [3.05, 3.63) is 33.2 Å². The maximum absolute atomic E-state index is 12.8. The second-order valence-corrected chi connectivity index (χ2v) is 8.60. The molecule has 1 saturated heterocycles. The third-order valence-electron chi connectivity index (χ3n) is 4.82.